The number of rotatable bonds is 6. The van der Waals surface area contributed by atoms with Crippen molar-refractivity contribution in [1.29, 1.82) is 10.5 Å². The third-order valence-corrected chi connectivity index (χ3v) is 7.14. The van der Waals surface area contributed by atoms with E-state index in [0.717, 1.165) is 6.42 Å². The molecule has 0 amide bonds. The van der Waals surface area contributed by atoms with Gasteiger partial charge in [-0.25, -0.2) is 16.8 Å². The molecule has 2 rings (SSSR count). The first-order valence-electron chi connectivity index (χ1n) is 7.06. The van der Waals surface area contributed by atoms with E-state index in [4.69, 9.17) is 0 Å². The van der Waals surface area contributed by atoms with Crippen LogP contribution in [0.3, 0.4) is 0 Å². The van der Waals surface area contributed by atoms with E-state index in [1.807, 2.05) is 0 Å². The second-order valence-electron chi connectivity index (χ2n) is 5.01. The van der Waals surface area contributed by atoms with Gasteiger partial charge in [-0.05, 0) is 24.3 Å². The van der Waals surface area contributed by atoms with Crippen LogP contribution in [-0.4, -0.2) is 27.3 Å². The molecule has 0 aliphatic heterocycles. The molecule has 0 saturated heterocycles. The Morgan fingerprint density at radius 1 is 0.692 bits per heavy atom. The zero-order chi connectivity index (χ0) is 18.5. The fraction of sp³-hybridized carbons (Fsp3) is 0.118. The van der Waals surface area contributed by atoms with Crippen molar-refractivity contribution in [3.05, 3.63) is 67.1 Å². The number of sulfone groups is 2. The van der Waals surface area contributed by atoms with E-state index in [1.165, 1.54) is 48.5 Å². The minimum Gasteiger partial charge on any atom is -0.264 e. The van der Waals surface area contributed by atoms with Gasteiger partial charge < -0.3 is 0 Å². The summed E-state index contributed by atoms with van der Waals surface area (Å²) in [4.78, 5) is -0.238. The molecule has 2 aromatic rings. The summed E-state index contributed by atoms with van der Waals surface area (Å²) in [7, 11) is -8.26. The fourth-order valence-corrected chi connectivity index (χ4v) is 4.87. The normalized spacial score (nSPS) is 13.5. The number of hydrogen-bond donors (Lipinski definition) is 0. The molecule has 0 saturated carbocycles. The standard InChI is InChI=1S/C17H13N2O4S2.K/c18-12-16(24(20,21)14-7-3-1-4-8-14)11-17(13-19)25(22,23)15-9-5-2-6-10-15;/h1-11,16-17H;/q-1;+1. The summed E-state index contributed by atoms with van der Waals surface area (Å²) < 4.78 is 50.1. The van der Waals surface area contributed by atoms with Gasteiger partial charge in [0.15, 0.2) is 19.7 Å². The van der Waals surface area contributed by atoms with Crippen LogP contribution in [0.1, 0.15) is 0 Å². The van der Waals surface area contributed by atoms with Crippen LogP contribution in [0.2, 0.25) is 0 Å². The third-order valence-electron chi connectivity index (χ3n) is 3.42. The summed E-state index contributed by atoms with van der Waals surface area (Å²) in [5.41, 5.74) is 0. The maximum Gasteiger partial charge on any atom is 1.00 e. The van der Waals surface area contributed by atoms with E-state index in [0.29, 0.717) is 0 Å². The van der Waals surface area contributed by atoms with Crippen LogP contribution in [0.4, 0.5) is 0 Å². The van der Waals surface area contributed by atoms with Gasteiger partial charge in [0.1, 0.15) is 0 Å². The Labute approximate surface area is 195 Å². The van der Waals surface area contributed by atoms with Crippen molar-refractivity contribution in [3.8, 4) is 12.1 Å². The van der Waals surface area contributed by atoms with Gasteiger partial charge in [-0.3, -0.25) is 6.42 Å². The molecule has 0 aliphatic carbocycles. The first-order chi connectivity index (χ1) is 11.8. The predicted octanol–water partition coefficient (Wildman–Crippen LogP) is -1.07. The first kappa shape index (κ1) is 23.0. The zero-order valence-electron chi connectivity index (χ0n) is 13.8. The summed E-state index contributed by atoms with van der Waals surface area (Å²) in [6.07, 6.45) is 0.755. The van der Waals surface area contributed by atoms with E-state index < -0.39 is 30.2 Å². The van der Waals surface area contributed by atoms with Crippen LogP contribution < -0.4 is 51.4 Å². The number of nitriles is 2. The average molecular weight is 413 g/mol. The van der Waals surface area contributed by atoms with E-state index in [9.17, 15) is 27.4 Å². The van der Waals surface area contributed by atoms with Gasteiger partial charge in [-0.15, -0.1) is 0 Å². The van der Waals surface area contributed by atoms with Crippen LogP contribution in [-0.2, 0) is 19.7 Å². The second-order valence-corrected chi connectivity index (χ2v) is 9.15. The van der Waals surface area contributed by atoms with Crippen molar-refractivity contribution < 1.29 is 68.2 Å². The van der Waals surface area contributed by atoms with Crippen LogP contribution in [0.15, 0.2) is 70.5 Å². The fourth-order valence-electron chi connectivity index (χ4n) is 2.10. The van der Waals surface area contributed by atoms with Crippen molar-refractivity contribution in [2.75, 3.05) is 0 Å². The van der Waals surface area contributed by atoms with Gasteiger partial charge in [0.25, 0.3) is 0 Å². The molecule has 9 heteroatoms. The SMILES string of the molecule is N#CC([CH-]C(C#N)S(=O)(=O)c1ccccc1)S(=O)(=O)c1ccccc1.[K+]. The Morgan fingerprint density at radius 3 is 1.27 bits per heavy atom. The molecule has 0 aliphatic rings. The molecule has 0 heterocycles. The average Bonchev–Trinajstić information content (AvgIpc) is 2.63. The van der Waals surface area contributed by atoms with Crippen molar-refractivity contribution in [2.45, 2.75) is 20.3 Å². The smallest absolute Gasteiger partial charge is 0.264 e. The van der Waals surface area contributed by atoms with Crippen molar-refractivity contribution in [1.82, 2.24) is 0 Å². The van der Waals surface area contributed by atoms with E-state index >= 15 is 0 Å². The molecular weight excluding hydrogens is 399 g/mol. The van der Waals surface area contributed by atoms with Gasteiger partial charge in [-0.2, -0.15) is 10.5 Å². The van der Waals surface area contributed by atoms with Crippen LogP contribution >= 0.6 is 0 Å². The van der Waals surface area contributed by atoms with E-state index in [1.54, 1.807) is 24.3 Å². The topological polar surface area (TPSA) is 116 Å². The summed E-state index contributed by atoms with van der Waals surface area (Å²) in [6, 6.07) is 17.6. The Morgan fingerprint density at radius 2 is 1.00 bits per heavy atom. The minimum atomic E-state index is -4.13. The summed E-state index contributed by atoms with van der Waals surface area (Å²) in [6.45, 7) is 0. The molecule has 0 spiro atoms. The molecule has 128 valence electrons. The molecule has 0 radical (unpaired) electrons. The van der Waals surface area contributed by atoms with Gasteiger partial charge >= 0.3 is 51.4 Å². The number of nitrogens with zero attached hydrogens (tertiary/aromatic N) is 2. The van der Waals surface area contributed by atoms with Crippen molar-refractivity contribution >= 4 is 19.7 Å². The summed E-state index contributed by atoms with van der Waals surface area (Å²) in [5, 5.41) is 14.9. The molecule has 6 nitrogen and oxygen atoms in total. The third kappa shape index (κ3) is 5.02. The van der Waals surface area contributed by atoms with Gasteiger partial charge in [-0.1, -0.05) is 36.4 Å². The number of benzene rings is 2. The molecule has 0 aromatic heterocycles. The van der Waals surface area contributed by atoms with E-state index in [-0.39, 0.29) is 61.2 Å². The molecule has 0 bridgehead atoms. The summed E-state index contributed by atoms with van der Waals surface area (Å²) in [5.74, 6) is 0. The molecule has 2 aromatic carbocycles. The van der Waals surface area contributed by atoms with Gasteiger partial charge in [0.05, 0.1) is 9.79 Å². The van der Waals surface area contributed by atoms with Gasteiger partial charge in [0.2, 0.25) is 0 Å². The Bertz CT molecular complexity index is 940. The second kappa shape index (κ2) is 9.77. The Kier molecular flexibility index (Phi) is 8.64. The van der Waals surface area contributed by atoms with Crippen molar-refractivity contribution in [2.24, 2.45) is 0 Å². The monoisotopic (exact) mass is 412 g/mol. The largest absolute Gasteiger partial charge is 1.00 e. The van der Waals surface area contributed by atoms with Crippen LogP contribution in [0.5, 0.6) is 0 Å². The van der Waals surface area contributed by atoms with Crippen molar-refractivity contribution in [3.63, 3.8) is 0 Å². The van der Waals surface area contributed by atoms with E-state index in [2.05, 4.69) is 0 Å². The van der Waals surface area contributed by atoms with Gasteiger partial charge in [0, 0.05) is 22.6 Å². The molecule has 0 N–H and O–H groups in total. The molecular formula is C17H13KN2O4S2. The quantitative estimate of drug-likeness (QED) is 0.440. The molecule has 2 atom stereocenters. The predicted molar refractivity (Wildman–Crippen MR) is 90.4 cm³/mol. The molecule has 26 heavy (non-hydrogen) atoms. The maximum atomic E-state index is 12.5. The maximum absolute atomic E-state index is 12.5. The first-order valence-corrected chi connectivity index (χ1v) is 10.2. The molecule has 2 unspecified atom stereocenters. The van der Waals surface area contributed by atoms with Crippen LogP contribution in [0.25, 0.3) is 0 Å². The van der Waals surface area contributed by atoms with Crippen LogP contribution in [0, 0.1) is 29.1 Å². The minimum absolute atomic E-state index is 0. The Hall–Kier alpha value is -1.04. The zero-order valence-corrected chi connectivity index (χ0v) is 18.6. The molecule has 0 fully saturated rings. The Balaban J connectivity index is 0.00000338. The number of hydrogen-bond acceptors (Lipinski definition) is 6. The summed E-state index contributed by atoms with van der Waals surface area (Å²) >= 11 is 0.